The molecular formula is C16H18FNO4S. The van der Waals surface area contributed by atoms with Crippen LogP contribution in [0.3, 0.4) is 0 Å². The van der Waals surface area contributed by atoms with Gasteiger partial charge in [-0.25, -0.2) is 17.5 Å². The van der Waals surface area contributed by atoms with Crippen molar-refractivity contribution in [3.8, 4) is 11.5 Å². The third kappa shape index (κ3) is 3.80. The van der Waals surface area contributed by atoms with Gasteiger partial charge in [-0.2, -0.15) is 0 Å². The first-order valence-corrected chi connectivity index (χ1v) is 8.36. The molecule has 0 saturated heterocycles. The predicted octanol–water partition coefficient (Wildman–Crippen LogP) is 2.88. The van der Waals surface area contributed by atoms with E-state index >= 15 is 0 Å². The fraction of sp³-hybridized carbons (Fsp3) is 0.250. The third-order valence-electron chi connectivity index (χ3n) is 3.36. The van der Waals surface area contributed by atoms with Crippen molar-refractivity contribution in [2.45, 2.75) is 17.9 Å². The van der Waals surface area contributed by atoms with Gasteiger partial charge in [0.05, 0.1) is 14.2 Å². The summed E-state index contributed by atoms with van der Waals surface area (Å²) in [6.07, 6.45) is 0. The fourth-order valence-corrected chi connectivity index (χ4v) is 3.50. The van der Waals surface area contributed by atoms with Crippen LogP contribution in [0.5, 0.6) is 11.5 Å². The van der Waals surface area contributed by atoms with E-state index in [0.29, 0.717) is 17.1 Å². The molecule has 0 radical (unpaired) electrons. The topological polar surface area (TPSA) is 64.6 Å². The number of sulfonamides is 1. The highest BCUT2D eigenvalue weighted by Gasteiger charge is 2.23. The summed E-state index contributed by atoms with van der Waals surface area (Å²) in [5.74, 6) is 0.275. The molecule has 124 valence electrons. The lowest BCUT2D eigenvalue weighted by atomic mass is 10.1. The Hall–Kier alpha value is -2.12. The van der Waals surface area contributed by atoms with E-state index < -0.39 is 26.8 Å². The van der Waals surface area contributed by atoms with E-state index in [4.69, 9.17) is 9.47 Å². The van der Waals surface area contributed by atoms with Gasteiger partial charge in [0.2, 0.25) is 10.0 Å². The molecular weight excluding hydrogens is 321 g/mol. The molecule has 0 heterocycles. The van der Waals surface area contributed by atoms with Crippen molar-refractivity contribution in [1.29, 1.82) is 0 Å². The standard InChI is InChI=1S/C16H18FNO4S/c1-11(13-10-12(21-2)8-9-15(13)22-3)18-23(19,20)16-7-5-4-6-14(16)17/h4-11,18H,1-3H3. The van der Waals surface area contributed by atoms with Gasteiger partial charge < -0.3 is 9.47 Å². The summed E-state index contributed by atoms with van der Waals surface area (Å²) in [6.45, 7) is 1.65. The number of halogens is 1. The van der Waals surface area contributed by atoms with Crippen molar-refractivity contribution in [2.75, 3.05) is 14.2 Å². The molecule has 1 atom stereocenters. The monoisotopic (exact) mass is 339 g/mol. The van der Waals surface area contributed by atoms with E-state index in [9.17, 15) is 12.8 Å². The number of methoxy groups -OCH3 is 2. The minimum absolute atomic E-state index is 0.395. The van der Waals surface area contributed by atoms with Crippen LogP contribution in [0.4, 0.5) is 4.39 Å². The molecule has 0 bridgehead atoms. The average Bonchev–Trinajstić information content (AvgIpc) is 2.54. The Morgan fingerprint density at radius 2 is 1.78 bits per heavy atom. The molecule has 7 heteroatoms. The van der Waals surface area contributed by atoms with Gasteiger partial charge in [0.15, 0.2) is 0 Å². The second kappa shape index (κ2) is 6.97. The lowest BCUT2D eigenvalue weighted by Crippen LogP contribution is -2.28. The molecule has 2 aromatic carbocycles. The largest absolute Gasteiger partial charge is 0.497 e. The van der Waals surface area contributed by atoms with Crippen LogP contribution in [0.1, 0.15) is 18.5 Å². The van der Waals surface area contributed by atoms with E-state index in [0.717, 1.165) is 6.07 Å². The number of nitrogens with one attached hydrogen (secondary N) is 1. The minimum Gasteiger partial charge on any atom is -0.497 e. The van der Waals surface area contributed by atoms with E-state index in [1.807, 2.05) is 0 Å². The Bertz CT molecular complexity index is 792. The SMILES string of the molecule is COc1ccc(OC)c(C(C)NS(=O)(=O)c2ccccc2F)c1. The lowest BCUT2D eigenvalue weighted by Gasteiger charge is -2.18. The Balaban J connectivity index is 2.35. The van der Waals surface area contributed by atoms with Crippen molar-refractivity contribution < 1.29 is 22.3 Å². The molecule has 2 aromatic rings. The number of hydrogen-bond acceptors (Lipinski definition) is 4. The third-order valence-corrected chi connectivity index (χ3v) is 4.94. The normalized spacial score (nSPS) is 12.7. The average molecular weight is 339 g/mol. The highest BCUT2D eigenvalue weighted by atomic mass is 32.2. The molecule has 0 aliphatic rings. The first-order chi connectivity index (χ1) is 10.9. The summed E-state index contributed by atoms with van der Waals surface area (Å²) in [4.78, 5) is -0.395. The molecule has 1 N–H and O–H groups in total. The van der Waals surface area contributed by atoms with Gasteiger partial charge in [-0.15, -0.1) is 0 Å². The van der Waals surface area contributed by atoms with Crippen LogP contribution in [0.15, 0.2) is 47.4 Å². The van der Waals surface area contributed by atoms with Crippen molar-refractivity contribution in [2.24, 2.45) is 0 Å². The number of benzene rings is 2. The van der Waals surface area contributed by atoms with Crippen molar-refractivity contribution in [1.82, 2.24) is 4.72 Å². The van der Waals surface area contributed by atoms with Crippen LogP contribution >= 0.6 is 0 Å². The molecule has 1 unspecified atom stereocenters. The number of hydrogen-bond donors (Lipinski definition) is 1. The molecule has 5 nitrogen and oxygen atoms in total. The second-order valence-corrected chi connectivity index (χ2v) is 6.56. The Morgan fingerprint density at radius 1 is 1.09 bits per heavy atom. The quantitative estimate of drug-likeness (QED) is 0.879. The Labute approximate surface area is 135 Å². The zero-order valence-electron chi connectivity index (χ0n) is 13.0. The maximum absolute atomic E-state index is 13.7. The van der Waals surface area contributed by atoms with Gasteiger partial charge >= 0.3 is 0 Å². The summed E-state index contributed by atoms with van der Waals surface area (Å²) in [6, 6.07) is 9.65. The first kappa shape index (κ1) is 17.2. The van der Waals surface area contributed by atoms with Crippen LogP contribution in [0.2, 0.25) is 0 Å². The van der Waals surface area contributed by atoms with Crippen LogP contribution in [0.25, 0.3) is 0 Å². The Kier molecular flexibility index (Phi) is 5.23. The maximum atomic E-state index is 13.7. The smallest absolute Gasteiger partial charge is 0.244 e. The van der Waals surface area contributed by atoms with Crippen LogP contribution in [0, 0.1) is 5.82 Å². The number of rotatable bonds is 6. The van der Waals surface area contributed by atoms with Gasteiger partial charge in [-0.3, -0.25) is 0 Å². The lowest BCUT2D eigenvalue weighted by molar-refractivity contribution is 0.395. The van der Waals surface area contributed by atoms with E-state index in [2.05, 4.69) is 4.72 Å². The molecule has 2 rings (SSSR count). The van der Waals surface area contributed by atoms with Crippen molar-refractivity contribution in [3.05, 3.63) is 53.8 Å². The van der Waals surface area contributed by atoms with Gasteiger partial charge in [0.1, 0.15) is 22.2 Å². The van der Waals surface area contributed by atoms with Crippen LogP contribution in [-0.4, -0.2) is 22.6 Å². The second-order valence-electron chi connectivity index (χ2n) is 4.88. The molecule has 0 fully saturated rings. The van der Waals surface area contributed by atoms with Gasteiger partial charge in [0.25, 0.3) is 0 Å². The van der Waals surface area contributed by atoms with Gasteiger partial charge in [-0.05, 0) is 37.3 Å². The van der Waals surface area contributed by atoms with Gasteiger partial charge in [-0.1, -0.05) is 12.1 Å². The predicted molar refractivity (Wildman–Crippen MR) is 84.7 cm³/mol. The van der Waals surface area contributed by atoms with Crippen molar-refractivity contribution in [3.63, 3.8) is 0 Å². The maximum Gasteiger partial charge on any atom is 0.244 e. The van der Waals surface area contributed by atoms with E-state index in [-0.39, 0.29) is 0 Å². The number of ether oxygens (including phenoxy) is 2. The molecule has 0 amide bonds. The minimum atomic E-state index is -4.00. The molecule has 0 saturated carbocycles. The summed E-state index contributed by atoms with van der Waals surface area (Å²) in [5.41, 5.74) is 0.590. The molecule has 0 aliphatic heterocycles. The highest BCUT2D eigenvalue weighted by Crippen LogP contribution is 2.30. The summed E-state index contributed by atoms with van der Waals surface area (Å²) in [5, 5.41) is 0. The molecule has 0 spiro atoms. The zero-order valence-corrected chi connectivity index (χ0v) is 13.9. The van der Waals surface area contributed by atoms with Gasteiger partial charge in [0, 0.05) is 11.6 Å². The van der Waals surface area contributed by atoms with E-state index in [1.165, 1.54) is 32.4 Å². The highest BCUT2D eigenvalue weighted by molar-refractivity contribution is 7.89. The summed E-state index contributed by atoms with van der Waals surface area (Å²) in [7, 11) is -1.00. The first-order valence-electron chi connectivity index (χ1n) is 6.88. The molecule has 23 heavy (non-hydrogen) atoms. The summed E-state index contributed by atoms with van der Waals surface area (Å²) < 4.78 is 51.3. The zero-order chi connectivity index (χ0) is 17.0. The molecule has 0 aliphatic carbocycles. The van der Waals surface area contributed by atoms with Crippen LogP contribution < -0.4 is 14.2 Å². The van der Waals surface area contributed by atoms with Crippen molar-refractivity contribution >= 4 is 10.0 Å². The Morgan fingerprint density at radius 3 is 2.39 bits per heavy atom. The van der Waals surface area contributed by atoms with E-state index in [1.54, 1.807) is 25.1 Å². The van der Waals surface area contributed by atoms with Crippen LogP contribution in [-0.2, 0) is 10.0 Å². The summed E-state index contributed by atoms with van der Waals surface area (Å²) >= 11 is 0. The molecule has 0 aromatic heterocycles. The fourth-order valence-electron chi connectivity index (χ4n) is 2.20.